The van der Waals surface area contributed by atoms with Crippen LogP contribution in [0, 0.1) is 0 Å². The number of carbonyl (C=O) groups excluding carboxylic acids is 1. The van der Waals surface area contributed by atoms with Gasteiger partial charge in [0.2, 0.25) is 5.91 Å². The Kier molecular flexibility index (Phi) is 7.63. The number of carboxylic acids is 1. The maximum absolute atomic E-state index is 12.6. The molecule has 6 nitrogen and oxygen atoms in total. The van der Waals surface area contributed by atoms with Gasteiger partial charge in [-0.15, -0.1) is 0 Å². The second kappa shape index (κ2) is 9.71. The van der Waals surface area contributed by atoms with Crippen molar-refractivity contribution >= 4 is 27.4 Å². The molecular formula is C19H27NO5S. The van der Waals surface area contributed by atoms with Gasteiger partial charge in [0.15, 0.2) is 9.84 Å². The molecule has 0 atom stereocenters. The van der Waals surface area contributed by atoms with Crippen LogP contribution in [0.5, 0.6) is 0 Å². The smallest absolute Gasteiger partial charge is 0.303 e. The van der Waals surface area contributed by atoms with E-state index in [1.807, 2.05) is 0 Å². The first-order valence-electron chi connectivity index (χ1n) is 9.19. The SMILES string of the molecule is O=C(O)CCCCC(=O)Nc1cccc(CS(=O)(=O)C2CCCCC2)c1. The zero-order chi connectivity index (χ0) is 19.0. The van der Waals surface area contributed by atoms with Crippen LogP contribution in [0.25, 0.3) is 0 Å². The summed E-state index contributed by atoms with van der Waals surface area (Å²) in [5, 5.41) is 11.1. The highest BCUT2D eigenvalue weighted by Crippen LogP contribution is 2.26. The van der Waals surface area contributed by atoms with Gasteiger partial charge in [-0.3, -0.25) is 9.59 Å². The Bertz CT molecular complexity index is 723. The van der Waals surface area contributed by atoms with Gasteiger partial charge in [-0.25, -0.2) is 8.42 Å². The number of hydrogen-bond acceptors (Lipinski definition) is 4. The van der Waals surface area contributed by atoms with Gasteiger partial charge in [-0.05, 0) is 43.4 Å². The van der Waals surface area contributed by atoms with Crippen molar-refractivity contribution in [2.45, 2.75) is 68.8 Å². The number of unbranched alkanes of at least 4 members (excludes halogenated alkanes) is 1. The molecule has 1 fully saturated rings. The lowest BCUT2D eigenvalue weighted by atomic mass is 10.0. The van der Waals surface area contributed by atoms with E-state index in [0.717, 1.165) is 32.1 Å². The normalized spacial score (nSPS) is 15.5. The monoisotopic (exact) mass is 381 g/mol. The van der Waals surface area contributed by atoms with E-state index in [1.165, 1.54) is 0 Å². The quantitative estimate of drug-likeness (QED) is 0.638. The Balaban J connectivity index is 1.88. The molecule has 1 aliphatic rings. The number of anilines is 1. The van der Waals surface area contributed by atoms with E-state index in [-0.39, 0.29) is 29.8 Å². The van der Waals surface area contributed by atoms with Crippen LogP contribution in [-0.2, 0) is 25.2 Å². The first-order valence-corrected chi connectivity index (χ1v) is 10.9. The summed E-state index contributed by atoms with van der Waals surface area (Å²) in [5.74, 6) is -1.06. The van der Waals surface area contributed by atoms with Crippen molar-refractivity contribution in [2.24, 2.45) is 0 Å². The van der Waals surface area contributed by atoms with Gasteiger partial charge in [0, 0.05) is 18.5 Å². The summed E-state index contributed by atoms with van der Waals surface area (Å²) in [4.78, 5) is 22.4. The number of amides is 1. The summed E-state index contributed by atoms with van der Waals surface area (Å²) >= 11 is 0. The second-order valence-corrected chi connectivity index (χ2v) is 9.20. The number of aliphatic carboxylic acids is 1. The van der Waals surface area contributed by atoms with E-state index in [4.69, 9.17) is 5.11 Å². The molecule has 1 aromatic carbocycles. The molecule has 0 aromatic heterocycles. The zero-order valence-electron chi connectivity index (χ0n) is 14.9. The van der Waals surface area contributed by atoms with E-state index < -0.39 is 15.8 Å². The third-order valence-corrected chi connectivity index (χ3v) is 6.91. The molecule has 26 heavy (non-hydrogen) atoms. The van der Waals surface area contributed by atoms with Gasteiger partial charge in [0.05, 0.1) is 11.0 Å². The molecule has 0 bridgehead atoms. The van der Waals surface area contributed by atoms with Crippen molar-refractivity contribution in [3.05, 3.63) is 29.8 Å². The number of nitrogens with one attached hydrogen (secondary N) is 1. The predicted molar refractivity (Wildman–Crippen MR) is 101 cm³/mol. The van der Waals surface area contributed by atoms with E-state index >= 15 is 0 Å². The Hall–Kier alpha value is -1.89. The van der Waals surface area contributed by atoms with E-state index in [2.05, 4.69) is 5.32 Å². The van der Waals surface area contributed by atoms with Gasteiger partial charge >= 0.3 is 5.97 Å². The summed E-state index contributed by atoms with van der Waals surface area (Å²) < 4.78 is 25.2. The topological polar surface area (TPSA) is 101 Å². The lowest BCUT2D eigenvalue weighted by Gasteiger charge is -2.21. The second-order valence-electron chi connectivity index (χ2n) is 6.92. The van der Waals surface area contributed by atoms with E-state index in [9.17, 15) is 18.0 Å². The molecule has 7 heteroatoms. The summed E-state index contributed by atoms with van der Waals surface area (Å²) in [6.07, 6.45) is 5.82. The molecule has 0 spiro atoms. The number of carbonyl (C=O) groups is 2. The lowest BCUT2D eigenvalue weighted by molar-refractivity contribution is -0.137. The molecule has 0 heterocycles. The minimum Gasteiger partial charge on any atom is -0.481 e. The summed E-state index contributed by atoms with van der Waals surface area (Å²) in [6.45, 7) is 0. The van der Waals surface area contributed by atoms with Gasteiger partial charge in [-0.2, -0.15) is 0 Å². The van der Waals surface area contributed by atoms with Gasteiger partial charge in [0.1, 0.15) is 0 Å². The highest BCUT2D eigenvalue weighted by Gasteiger charge is 2.27. The van der Waals surface area contributed by atoms with Crippen molar-refractivity contribution < 1.29 is 23.1 Å². The maximum atomic E-state index is 12.6. The minimum atomic E-state index is -3.18. The number of hydrogen-bond donors (Lipinski definition) is 2. The number of rotatable bonds is 9. The predicted octanol–water partition coefficient (Wildman–Crippen LogP) is 3.52. The van der Waals surface area contributed by atoms with Gasteiger partial charge in [0.25, 0.3) is 0 Å². The Morgan fingerprint density at radius 2 is 1.77 bits per heavy atom. The summed E-state index contributed by atoms with van der Waals surface area (Å²) in [6, 6.07) is 6.94. The number of sulfone groups is 1. The third-order valence-electron chi connectivity index (χ3n) is 4.68. The van der Waals surface area contributed by atoms with Crippen molar-refractivity contribution in [3.63, 3.8) is 0 Å². The van der Waals surface area contributed by atoms with Crippen LogP contribution >= 0.6 is 0 Å². The molecule has 144 valence electrons. The molecular weight excluding hydrogens is 354 g/mol. The first kappa shape index (κ1) is 20.4. The Morgan fingerprint density at radius 3 is 2.46 bits per heavy atom. The minimum absolute atomic E-state index is 0.0000112. The van der Waals surface area contributed by atoms with Crippen LogP contribution in [0.4, 0.5) is 5.69 Å². The van der Waals surface area contributed by atoms with Crippen molar-refractivity contribution in [1.29, 1.82) is 0 Å². The lowest BCUT2D eigenvalue weighted by Crippen LogP contribution is -2.25. The van der Waals surface area contributed by atoms with E-state index in [0.29, 0.717) is 24.1 Å². The number of carboxylic acid groups (broad SMARTS) is 1. The molecule has 0 unspecified atom stereocenters. The summed E-state index contributed by atoms with van der Waals surface area (Å²) in [5.41, 5.74) is 1.25. The Labute approximate surface area is 154 Å². The molecule has 0 saturated heterocycles. The molecule has 0 aliphatic heterocycles. The fourth-order valence-electron chi connectivity index (χ4n) is 3.30. The molecule has 1 amide bonds. The van der Waals surface area contributed by atoms with Crippen LogP contribution < -0.4 is 5.32 Å². The van der Waals surface area contributed by atoms with E-state index in [1.54, 1.807) is 24.3 Å². The van der Waals surface area contributed by atoms with Crippen LogP contribution in [0.1, 0.15) is 63.4 Å². The van der Waals surface area contributed by atoms with Crippen molar-refractivity contribution in [3.8, 4) is 0 Å². The Morgan fingerprint density at radius 1 is 1.08 bits per heavy atom. The summed E-state index contributed by atoms with van der Waals surface area (Å²) in [7, 11) is -3.18. The molecule has 1 saturated carbocycles. The molecule has 2 rings (SSSR count). The molecule has 1 aromatic rings. The van der Waals surface area contributed by atoms with Crippen molar-refractivity contribution in [2.75, 3.05) is 5.32 Å². The number of benzene rings is 1. The average Bonchev–Trinajstić information content (AvgIpc) is 2.59. The van der Waals surface area contributed by atoms with Gasteiger partial charge in [-0.1, -0.05) is 31.4 Å². The fraction of sp³-hybridized carbons (Fsp3) is 0.579. The average molecular weight is 381 g/mol. The molecule has 0 radical (unpaired) electrons. The highest BCUT2D eigenvalue weighted by molar-refractivity contribution is 7.91. The van der Waals surface area contributed by atoms with Crippen LogP contribution in [-0.4, -0.2) is 30.7 Å². The van der Waals surface area contributed by atoms with Gasteiger partial charge < -0.3 is 10.4 Å². The first-order chi connectivity index (χ1) is 12.4. The fourth-order valence-corrected chi connectivity index (χ4v) is 5.23. The molecule has 2 N–H and O–H groups in total. The molecule has 1 aliphatic carbocycles. The highest BCUT2D eigenvalue weighted by atomic mass is 32.2. The van der Waals surface area contributed by atoms with Crippen LogP contribution in [0.3, 0.4) is 0 Å². The standard InChI is InChI=1S/C19H27NO5S/c21-18(11-4-5-12-19(22)23)20-16-8-6-7-15(13-16)14-26(24,25)17-9-2-1-3-10-17/h6-8,13,17H,1-5,9-12,14H2,(H,20,21)(H,22,23). The van der Waals surface area contributed by atoms with Crippen LogP contribution in [0.15, 0.2) is 24.3 Å². The zero-order valence-corrected chi connectivity index (χ0v) is 15.8. The van der Waals surface area contributed by atoms with Crippen LogP contribution in [0.2, 0.25) is 0 Å². The maximum Gasteiger partial charge on any atom is 0.303 e. The largest absolute Gasteiger partial charge is 0.481 e. The third kappa shape index (κ3) is 6.78. The van der Waals surface area contributed by atoms with Crippen molar-refractivity contribution in [1.82, 2.24) is 0 Å².